The number of rotatable bonds is 2. The first-order valence-electron chi connectivity index (χ1n) is 5.94. The lowest BCUT2D eigenvalue weighted by atomic mass is 10.1. The van der Waals surface area contributed by atoms with E-state index in [0.717, 1.165) is 10.9 Å². The van der Waals surface area contributed by atoms with E-state index in [-0.39, 0.29) is 5.91 Å². The first-order valence-corrected chi connectivity index (χ1v) is 5.94. The molecule has 3 aromatic rings. The van der Waals surface area contributed by atoms with E-state index in [2.05, 4.69) is 25.9 Å². The van der Waals surface area contributed by atoms with Gasteiger partial charge in [0, 0.05) is 12.4 Å². The number of fused-ring (bicyclic) bond motifs is 1. The molecule has 1 aromatic carbocycles. The molecule has 0 bridgehead atoms. The molecule has 1 amide bonds. The number of anilines is 1. The SMILES string of the molecule is Cn1nnnc1NC(=O)c1c[n+](C)nc2ccccc12. The minimum atomic E-state index is -0.280. The summed E-state index contributed by atoms with van der Waals surface area (Å²) in [7, 11) is 3.42. The fourth-order valence-electron chi connectivity index (χ4n) is 1.93. The Kier molecular flexibility index (Phi) is 2.82. The number of benzene rings is 1. The van der Waals surface area contributed by atoms with Crippen molar-refractivity contribution in [3.8, 4) is 0 Å². The highest BCUT2D eigenvalue weighted by atomic mass is 16.1. The van der Waals surface area contributed by atoms with Crippen LogP contribution >= 0.6 is 0 Å². The minimum Gasteiger partial charge on any atom is -0.289 e. The molecule has 0 saturated carbocycles. The normalized spacial score (nSPS) is 10.7. The lowest BCUT2D eigenvalue weighted by Gasteiger charge is -2.04. The molecular weight excluding hydrogens is 258 g/mol. The number of aromatic nitrogens is 6. The zero-order chi connectivity index (χ0) is 14.1. The number of nitrogens with zero attached hydrogens (tertiary/aromatic N) is 6. The van der Waals surface area contributed by atoms with Crippen molar-refractivity contribution < 1.29 is 9.48 Å². The van der Waals surface area contributed by atoms with Crippen LogP contribution in [0.1, 0.15) is 10.4 Å². The Morgan fingerprint density at radius 1 is 1.35 bits per heavy atom. The van der Waals surface area contributed by atoms with Gasteiger partial charge in [0.1, 0.15) is 11.1 Å². The van der Waals surface area contributed by atoms with Gasteiger partial charge in [-0.3, -0.25) is 10.1 Å². The smallest absolute Gasteiger partial charge is 0.264 e. The summed E-state index contributed by atoms with van der Waals surface area (Å²) in [5, 5.41) is 18.6. The summed E-state index contributed by atoms with van der Waals surface area (Å²) in [6.07, 6.45) is 1.67. The van der Waals surface area contributed by atoms with Crippen molar-refractivity contribution in [1.82, 2.24) is 25.3 Å². The summed E-state index contributed by atoms with van der Waals surface area (Å²) in [4.78, 5) is 12.4. The Morgan fingerprint density at radius 2 is 2.15 bits per heavy atom. The molecule has 0 atom stereocenters. The molecule has 20 heavy (non-hydrogen) atoms. The van der Waals surface area contributed by atoms with E-state index in [1.54, 1.807) is 25.0 Å². The summed E-state index contributed by atoms with van der Waals surface area (Å²) >= 11 is 0. The van der Waals surface area contributed by atoms with Gasteiger partial charge in [-0.1, -0.05) is 28.0 Å². The lowest BCUT2D eigenvalue weighted by Crippen LogP contribution is -2.34. The van der Waals surface area contributed by atoms with Gasteiger partial charge in [0.2, 0.25) is 12.1 Å². The van der Waals surface area contributed by atoms with Crippen LogP contribution in [-0.4, -0.2) is 31.2 Å². The van der Waals surface area contributed by atoms with Crippen molar-refractivity contribution in [3.63, 3.8) is 0 Å². The number of carbonyl (C=O) groups excluding carboxylic acids is 1. The summed E-state index contributed by atoms with van der Waals surface area (Å²) in [6, 6.07) is 7.45. The van der Waals surface area contributed by atoms with Gasteiger partial charge in [-0.25, -0.2) is 4.68 Å². The average Bonchev–Trinajstić information content (AvgIpc) is 2.83. The molecule has 8 heteroatoms. The maximum absolute atomic E-state index is 12.4. The predicted octanol–water partition coefficient (Wildman–Crippen LogP) is -0.165. The number of nitrogens with one attached hydrogen (secondary N) is 1. The van der Waals surface area contributed by atoms with Crippen molar-refractivity contribution >= 4 is 22.8 Å². The monoisotopic (exact) mass is 270 g/mol. The van der Waals surface area contributed by atoms with Crippen molar-refractivity contribution in [2.75, 3.05) is 5.32 Å². The summed E-state index contributed by atoms with van der Waals surface area (Å²) in [5.41, 5.74) is 1.26. The van der Waals surface area contributed by atoms with Gasteiger partial charge in [0.15, 0.2) is 7.05 Å². The molecule has 3 rings (SSSR count). The molecule has 0 spiro atoms. The third-order valence-corrected chi connectivity index (χ3v) is 2.87. The largest absolute Gasteiger partial charge is 0.289 e. The van der Waals surface area contributed by atoms with Crippen molar-refractivity contribution in [2.45, 2.75) is 0 Å². The van der Waals surface area contributed by atoms with Crippen LogP contribution in [0.5, 0.6) is 0 Å². The highest BCUT2D eigenvalue weighted by molar-refractivity contribution is 6.11. The molecule has 1 N–H and O–H groups in total. The van der Waals surface area contributed by atoms with E-state index < -0.39 is 0 Å². The molecule has 2 heterocycles. The summed E-state index contributed by atoms with van der Waals surface area (Å²) in [5.74, 6) is 0.00986. The molecule has 0 aliphatic carbocycles. The molecule has 2 aromatic heterocycles. The quantitative estimate of drug-likeness (QED) is 0.653. The van der Waals surface area contributed by atoms with Gasteiger partial charge in [-0.15, -0.1) is 0 Å². The highest BCUT2D eigenvalue weighted by Crippen LogP contribution is 2.15. The zero-order valence-corrected chi connectivity index (χ0v) is 11.0. The Labute approximate surface area is 114 Å². The van der Waals surface area contributed by atoms with Crippen LogP contribution in [0, 0.1) is 0 Å². The predicted molar refractivity (Wildman–Crippen MR) is 69.7 cm³/mol. The molecule has 0 radical (unpaired) electrons. The van der Waals surface area contributed by atoms with Crippen LogP contribution in [0.2, 0.25) is 0 Å². The number of hydrogen-bond donors (Lipinski definition) is 1. The number of tetrazole rings is 1. The number of amides is 1. The molecule has 0 fully saturated rings. The number of aryl methyl sites for hydroxylation is 2. The van der Waals surface area contributed by atoms with Crippen LogP contribution in [0.25, 0.3) is 10.9 Å². The van der Waals surface area contributed by atoms with Crippen molar-refractivity contribution in [3.05, 3.63) is 36.0 Å². The zero-order valence-electron chi connectivity index (χ0n) is 11.0. The second-order valence-corrected chi connectivity index (χ2v) is 4.31. The van der Waals surface area contributed by atoms with Gasteiger partial charge in [0.25, 0.3) is 5.91 Å². The van der Waals surface area contributed by atoms with Gasteiger partial charge < -0.3 is 0 Å². The van der Waals surface area contributed by atoms with Crippen LogP contribution in [-0.2, 0) is 14.1 Å². The first-order chi connectivity index (χ1) is 9.65. The second kappa shape index (κ2) is 4.65. The third kappa shape index (κ3) is 2.07. The lowest BCUT2D eigenvalue weighted by molar-refractivity contribution is -0.728. The van der Waals surface area contributed by atoms with E-state index in [0.29, 0.717) is 11.5 Å². The van der Waals surface area contributed by atoms with Gasteiger partial charge >= 0.3 is 0 Å². The molecule has 0 aliphatic heterocycles. The fourth-order valence-corrected chi connectivity index (χ4v) is 1.93. The summed E-state index contributed by atoms with van der Waals surface area (Å²) in [6.45, 7) is 0. The van der Waals surface area contributed by atoms with Crippen molar-refractivity contribution in [1.29, 1.82) is 0 Å². The highest BCUT2D eigenvalue weighted by Gasteiger charge is 2.18. The molecular formula is C12H12N7O+. The average molecular weight is 270 g/mol. The standard InChI is InChI=1S/C12H11N7O/c1-18-7-9(8-5-3-4-6-10(8)15-18)11(20)13-12-14-16-17-19(12)2/h3-7H,1-2H3/p+1. The van der Waals surface area contributed by atoms with Gasteiger partial charge in [-0.05, 0) is 21.6 Å². The minimum absolute atomic E-state index is 0.280. The maximum atomic E-state index is 12.4. The summed E-state index contributed by atoms with van der Waals surface area (Å²) < 4.78 is 2.99. The van der Waals surface area contributed by atoms with Crippen LogP contribution in [0.15, 0.2) is 30.5 Å². The maximum Gasteiger partial charge on any atom is 0.264 e. The van der Waals surface area contributed by atoms with Gasteiger partial charge in [0.05, 0.1) is 0 Å². The number of hydrogen-bond acceptors (Lipinski definition) is 5. The molecule has 0 aliphatic rings. The van der Waals surface area contributed by atoms with Crippen LogP contribution in [0.4, 0.5) is 5.95 Å². The first kappa shape index (κ1) is 12.2. The van der Waals surface area contributed by atoms with E-state index >= 15 is 0 Å². The molecule has 0 unspecified atom stereocenters. The third-order valence-electron chi connectivity index (χ3n) is 2.87. The molecule has 8 nitrogen and oxygen atoms in total. The Balaban J connectivity index is 2.05. The van der Waals surface area contributed by atoms with Crippen molar-refractivity contribution in [2.24, 2.45) is 14.1 Å². The number of carbonyl (C=O) groups is 1. The van der Waals surface area contributed by atoms with Crippen LogP contribution in [0.3, 0.4) is 0 Å². The van der Waals surface area contributed by atoms with Crippen LogP contribution < -0.4 is 10.00 Å². The van der Waals surface area contributed by atoms with E-state index in [1.165, 1.54) is 4.68 Å². The van der Waals surface area contributed by atoms with E-state index in [4.69, 9.17) is 0 Å². The Hall–Kier alpha value is -2.90. The Bertz CT molecular complexity index is 795. The van der Waals surface area contributed by atoms with E-state index in [9.17, 15) is 4.79 Å². The second-order valence-electron chi connectivity index (χ2n) is 4.31. The topological polar surface area (TPSA) is 89.5 Å². The van der Waals surface area contributed by atoms with E-state index in [1.807, 2.05) is 24.3 Å². The molecule has 0 saturated heterocycles. The Morgan fingerprint density at radius 3 is 2.90 bits per heavy atom. The van der Waals surface area contributed by atoms with Gasteiger partial charge in [-0.2, -0.15) is 0 Å². The fraction of sp³-hybridized carbons (Fsp3) is 0.167. The molecule has 100 valence electrons.